The molecule has 0 radical (unpaired) electrons. The maximum atomic E-state index is 12.9. The van der Waals surface area contributed by atoms with Crippen LogP contribution in [-0.2, 0) is 11.2 Å². The van der Waals surface area contributed by atoms with E-state index in [1.165, 1.54) is 18.2 Å². The van der Waals surface area contributed by atoms with Crippen molar-refractivity contribution in [2.24, 2.45) is 0 Å². The number of aromatic nitrogens is 1. The first-order valence-electron chi connectivity index (χ1n) is 6.63. The molecular formula is C15H17FN2O3. The third-order valence-corrected chi connectivity index (χ3v) is 3.04. The average Bonchev–Trinajstić information content (AvgIpc) is 2.77. The van der Waals surface area contributed by atoms with Crippen LogP contribution in [0.5, 0.6) is 5.75 Å². The van der Waals surface area contributed by atoms with E-state index in [1.54, 1.807) is 6.07 Å². The Labute approximate surface area is 122 Å². The molecule has 112 valence electrons. The molecule has 2 rings (SSSR count). The van der Waals surface area contributed by atoms with Crippen molar-refractivity contribution in [2.75, 3.05) is 13.2 Å². The van der Waals surface area contributed by atoms with Crippen LogP contribution in [0.2, 0.25) is 0 Å². The summed E-state index contributed by atoms with van der Waals surface area (Å²) in [6, 6.07) is 5.67. The standard InChI is InChI=1S/C15H17FN2O3/c1-10-14(11(2)21-18-10)6-7-17-15(19)9-20-13-5-3-4-12(16)8-13/h3-5,8H,6-7,9H2,1-2H3,(H,17,19). The zero-order valence-corrected chi connectivity index (χ0v) is 12.0. The number of carbonyl (C=O) groups is 1. The molecule has 0 aliphatic heterocycles. The molecule has 1 N–H and O–H groups in total. The molecule has 1 amide bonds. The fourth-order valence-corrected chi connectivity index (χ4v) is 1.94. The lowest BCUT2D eigenvalue weighted by Gasteiger charge is -2.07. The van der Waals surface area contributed by atoms with Crippen LogP contribution in [0.4, 0.5) is 4.39 Å². The van der Waals surface area contributed by atoms with E-state index >= 15 is 0 Å². The molecule has 5 nitrogen and oxygen atoms in total. The molecular weight excluding hydrogens is 275 g/mol. The van der Waals surface area contributed by atoms with E-state index in [0.29, 0.717) is 18.7 Å². The van der Waals surface area contributed by atoms with Crippen molar-refractivity contribution in [1.29, 1.82) is 0 Å². The van der Waals surface area contributed by atoms with Gasteiger partial charge in [-0.05, 0) is 32.4 Å². The van der Waals surface area contributed by atoms with Crippen molar-refractivity contribution < 1.29 is 18.4 Å². The summed E-state index contributed by atoms with van der Waals surface area (Å²) in [4.78, 5) is 11.6. The highest BCUT2D eigenvalue weighted by atomic mass is 19.1. The number of rotatable bonds is 6. The van der Waals surface area contributed by atoms with E-state index in [0.717, 1.165) is 17.0 Å². The van der Waals surface area contributed by atoms with Gasteiger partial charge in [0.15, 0.2) is 6.61 Å². The SMILES string of the molecule is Cc1noc(C)c1CCNC(=O)COc1cccc(F)c1. The maximum Gasteiger partial charge on any atom is 0.257 e. The number of hydrogen-bond acceptors (Lipinski definition) is 4. The first-order valence-corrected chi connectivity index (χ1v) is 6.63. The molecule has 1 aromatic heterocycles. The van der Waals surface area contributed by atoms with Crippen LogP contribution < -0.4 is 10.1 Å². The molecule has 0 saturated heterocycles. The second-order valence-corrected chi connectivity index (χ2v) is 4.65. The summed E-state index contributed by atoms with van der Waals surface area (Å²) in [6.45, 7) is 4.02. The Morgan fingerprint density at radius 2 is 2.24 bits per heavy atom. The van der Waals surface area contributed by atoms with Gasteiger partial charge in [0.25, 0.3) is 5.91 Å². The van der Waals surface area contributed by atoms with Gasteiger partial charge < -0.3 is 14.6 Å². The van der Waals surface area contributed by atoms with Gasteiger partial charge in [0, 0.05) is 18.2 Å². The predicted octanol–water partition coefficient (Wildman–Crippen LogP) is 2.17. The Hall–Kier alpha value is -2.37. The average molecular weight is 292 g/mol. The Bertz CT molecular complexity index is 606. The van der Waals surface area contributed by atoms with Crippen LogP contribution in [0.3, 0.4) is 0 Å². The van der Waals surface area contributed by atoms with E-state index in [2.05, 4.69) is 10.5 Å². The van der Waals surface area contributed by atoms with Gasteiger partial charge in [0.05, 0.1) is 5.69 Å². The van der Waals surface area contributed by atoms with Crippen LogP contribution in [0.1, 0.15) is 17.0 Å². The number of carbonyl (C=O) groups excluding carboxylic acids is 1. The van der Waals surface area contributed by atoms with E-state index in [1.807, 2.05) is 13.8 Å². The molecule has 0 bridgehead atoms. The Kier molecular flexibility index (Phi) is 4.92. The molecule has 21 heavy (non-hydrogen) atoms. The minimum absolute atomic E-state index is 0.148. The fourth-order valence-electron chi connectivity index (χ4n) is 1.94. The minimum atomic E-state index is -0.397. The van der Waals surface area contributed by atoms with Crippen LogP contribution in [-0.4, -0.2) is 24.2 Å². The second kappa shape index (κ2) is 6.88. The molecule has 0 aliphatic carbocycles. The number of nitrogens with one attached hydrogen (secondary N) is 1. The van der Waals surface area contributed by atoms with Gasteiger partial charge in [-0.1, -0.05) is 11.2 Å². The Balaban J connectivity index is 1.73. The topological polar surface area (TPSA) is 64.4 Å². The van der Waals surface area contributed by atoms with Gasteiger partial charge in [0.1, 0.15) is 17.3 Å². The monoisotopic (exact) mass is 292 g/mol. The number of aryl methyl sites for hydroxylation is 2. The number of benzene rings is 1. The van der Waals surface area contributed by atoms with Crippen molar-refractivity contribution in [3.05, 3.63) is 47.1 Å². The number of hydrogen-bond donors (Lipinski definition) is 1. The van der Waals surface area contributed by atoms with Gasteiger partial charge in [-0.3, -0.25) is 4.79 Å². The molecule has 0 atom stereocenters. The highest BCUT2D eigenvalue weighted by Gasteiger charge is 2.09. The molecule has 1 aromatic carbocycles. The van der Waals surface area contributed by atoms with E-state index < -0.39 is 5.82 Å². The molecule has 0 spiro atoms. The van der Waals surface area contributed by atoms with Crippen LogP contribution in [0.15, 0.2) is 28.8 Å². The van der Waals surface area contributed by atoms with Crippen LogP contribution >= 0.6 is 0 Å². The first kappa shape index (κ1) is 15.0. The van der Waals surface area contributed by atoms with Gasteiger partial charge in [-0.2, -0.15) is 0 Å². The van der Waals surface area contributed by atoms with Crippen molar-refractivity contribution in [2.45, 2.75) is 20.3 Å². The van der Waals surface area contributed by atoms with Crippen molar-refractivity contribution >= 4 is 5.91 Å². The normalized spacial score (nSPS) is 10.4. The molecule has 0 unspecified atom stereocenters. The number of nitrogens with zero attached hydrogens (tertiary/aromatic N) is 1. The summed E-state index contributed by atoms with van der Waals surface area (Å²) >= 11 is 0. The smallest absolute Gasteiger partial charge is 0.257 e. The highest BCUT2D eigenvalue weighted by molar-refractivity contribution is 5.77. The van der Waals surface area contributed by atoms with Crippen LogP contribution in [0.25, 0.3) is 0 Å². The molecule has 6 heteroatoms. The molecule has 1 heterocycles. The van der Waals surface area contributed by atoms with Crippen LogP contribution in [0, 0.1) is 19.7 Å². The first-order chi connectivity index (χ1) is 10.1. The summed E-state index contributed by atoms with van der Waals surface area (Å²) in [5, 5.41) is 6.58. The van der Waals surface area contributed by atoms with E-state index in [4.69, 9.17) is 9.26 Å². The van der Waals surface area contributed by atoms with Gasteiger partial charge >= 0.3 is 0 Å². The lowest BCUT2D eigenvalue weighted by molar-refractivity contribution is -0.123. The number of ether oxygens (including phenoxy) is 1. The Morgan fingerprint density at radius 1 is 1.43 bits per heavy atom. The quantitative estimate of drug-likeness (QED) is 0.886. The Morgan fingerprint density at radius 3 is 2.90 bits per heavy atom. The summed E-state index contributed by atoms with van der Waals surface area (Å²) in [5.41, 5.74) is 1.83. The highest BCUT2D eigenvalue weighted by Crippen LogP contribution is 2.12. The maximum absolute atomic E-state index is 12.9. The van der Waals surface area contributed by atoms with Crippen molar-refractivity contribution in [3.8, 4) is 5.75 Å². The third kappa shape index (κ3) is 4.30. The van der Waals surface area contributed by atoms with Crippen molar-refractivity contribution in [1.82, 2.24) is 10.5 Å². The fraction of sp³-hybridized carbons (Fsp3) is 0.333. The predicted molar refractivity (Wildman–Crippen MR) is 74.6 cm³/mol. The van der Waals surface area contributed by atoms with Gasteiger partial charge in [-0.25, -0.2) is 4.39 Å². The molecule has 0 saturated carbocycles. The van der Waals surface area contributed by atoms with E-state index in [-0.39, 0.29) is 12.5 Å². The largest absolute Gasteiger partial charge is 0.484 e. The third-order valence-electron chi connectivity index (χ3n) is 3.04. The van der Waals surface area contributed by atoms with E-state index in [9.17, 15) is 9.18 Å². The zero-order valence-electron chi connectivity index (χ0n) is 12.0. The number of halogens is 1. The number of amides is 1. The van der Waals surface area contributed by atoms with Gasteiger partial charge in [0.2, 0.25) is 0 Å². The minimum Gasteiger partial charge on any atom is -0.484 e. The zero-order chi connectivity index (χ0) is 15.2. The lowest BCUT2D eigenvalue weighted by Crippen LogP contribution is -2.30. The molecule has 2 aromatic rings. The molecule has 0 fully saturated rings. The van der Waals surface area contributed by atoms with Crippen molar-refractivity contribution in [3.63, 3.8) is 0 Å². The summed E-state index contributed by atoms with van der Waals surface area (Å²) < 4.78 is 23.2. The van der Waals surface area contributed by atoms with Gasteiger partial charge in [-0.15, -0.1) is 0 Å². The summed E-state index contributed by atoms with van der Waals surface area (Å²) in [7, 11) is 0. The molecule has 0 aliphatic rings. The summed E-state index contributed by atoms with van der Waals surface area (Å²) in [5.74, 6) is 0.436. The second-order valence-electron chi connectivity index (χ2n) is 4.65. The summed E-state index contributed by atoms with van der Waals surface area (Å²) in [6.07, 6.45) is 0.646. The lowest BCUT2D eigenvalue weighted by atomic mass is 10.1.